The van der Waals surface area contributed by atoms with Gasteiger partial charge in [0.2, 0.25) is 12.8 Å². The van der Waals surface area contributed by atoms with Crippen molar-refractivity contribution in [3.63, 3.8) is 0 Å². The number of carbonyl (C=O) groups is 6. The Labute approximate surface area is 278 Å². The van der Waals surface area contributed by atoms with Gasteiger partial charge in [0.25, 0.3) is 0 Å². The van der Waals surface area contributed by atoms with Crippen LogP contribution in [0.4, 0.5) is 0 Å². The highest BCUT2D eigenvalue weighted by molar-refractivity contribution is 5.75. The molecule has 0 saturated carbocycles. The molecule has 0 aliphatic carbocycles. The van der Waals surface area contributed by atoms with Gasteiger partial charge in [0.05, 0.1) is 33.6 Å². The van der Waals surface area contributed by atoms with Crippen LogP contribution in [0, 0.1) is 0 Å². The number of nitrogens with one attached hydrogen (secondary N) is 4. The lowest BCUT2D eigenvalue weighted by atomic mass is 9.72. The standard InChI is InChI=1S/C30H26N4O4.2C3H7NO/c1-29(25-10-6-21(15-35)31-25,26-11-7-22(16-36)32-26)19-4-3-5-20(14-19)30(2,27-12-8-23(17-37)33-27)28-13-9-24(18-38)34-28;2*1-4(2)3-5/h3-18,31-34H,1-2H3;2*3H,1-2H3. The number of H-pyrrole nitrogens is 4. The lowest BCUT2D eigenvalue weighted by Gasteiger charge is -2.33. The van der Waals surface area contributed by atoms with Gasteiger partial charge in [-0.25, -0.2) is 0 Å². The monoisotopic (exact) mass is 652 g/mol. The maximum atomic E-state index is 11.5. The largest absolute Gasteiger partial charge is 0.355 e. The van der Waals surface area contributed by atoms with Crippen LogP contribution in [0.15, 0.2) is 72.8 Å². The average Bonchev–Trinajstić information content (AvgIpc) is 3.94. The molecule has 0 fully saturated rings. The van der Waals surface area contributed by atoms with Gasteiger partial charge in [-0.05, 0) is 73.5 Å². The van der Waals surface area contributed by atoms with Crippen LogP contribution in [0.25, 0.3) is 0 Å². The normalized spacial score (nSPS) is 10.8. The van der Waals surface area contributed by atoms with Gasteiger partial charge in [-0.15, -0.1) is 0 Å². The van der Waals surface area contributed by atoms with Crippen molar-refractivity contribution >= 4 is 38.0 Å². The fraction of sp³-hybridized carbons (Fsp3) is 0.222. The van der Waals surface area contributed by atoms with Gasteiger partial charge in [-0.3, -0.25) is 28.8 Å². The van der Waals surface area contributed by atoms with E-state index in [1.165, 1.54) is 9.80 Å². The summed E-state index contributed by atoms with van der Waals surface area (Å²) in [5.41, 5.74) is 5.05. The Morgan fingerprint density at radius 3 is 0.896 bits per heavy atom. The first kappa shape index (κ1) is 36.4. The van der Waals surface area contributed by atoms with Crippen LogP contribution < -0.4 is 0 Å². The van der Waals surface area contributed by atoms with Gasteiger partial charge < -0.3 is 29.7 Å². The van der Waals surface area contributed by atoms with E-state index in [1.54, 1.807) is 52.5 Å². The SMILES string of the molecule is CC(c1cccc(C(C)(c2ccc(C=O)[nH]2)c2ccc(C=O)[nH]2)c1)(c1ccc(C=O)[nH]1)c1ccc(C=O)[nH]1.CN(C)C=O.CN(C)C=O. The molecule has 0 radical (unpaired) electrons. The van der Waals surface area contributed by atoms with E-state index in [-0.39, 0.29) is 0 Å². The van der Waals surface area contributed by atoms with Gasteiger partial charge in [0.15, 0.2) is 25.1 Å². The Morgan fingerprint density at radius 1 is 0.458 bits per heavy atom. The minimum Gasteiger partial charge on any atom is -0.355 e. The number of hydrogen-bond acceptors (Lipinski definition) is 6. The molecule has 12 heteroatoms. The highest BCUT2D eigenvalue weighted by Crippen LogP contribution is 2.42. The van der Waals surface area contributed by atoms with Crippen molar-refractivity contribution in [2.24, 2.45) is 0 Å². The maximum absolute atomic E-state index is 11.5. The third kappa shape index (κ3) is 7.84. The molecule has 1 aromatic carbocycles. The zero-order chi connectivity index (χ0) is 35.5. The molecule has 4 aromatic heterocycles. The second kappa shape index (κ2) is 16.0. The van der Waals surface area contributed by atoms with Gasteiger partial charge >= 0.3 is 0 Å². The lowest BCUT2D eigenvalue weighted by molar-refractivity contribution is -0.116. The number of carbonyl (C=O) groups excluding carboxylic acids is 6. The van der Waals surface area contributed by atoms with Crippen LogP contribution in [-0.4, -0.2) is 95.9 Å². The molecule has 0 aliphatic rings. The summed E-state index contributed by atoms with van der Waals surface area (Å²) >= 11 is 0. The highest BCUT2D eigenvalue weighted by Gasteiger charge is 2.38. The molecule has 0 aliphatic heterocycles. The third-order valence-corrected chi connectivity index (χ3v) is 7.94. The van der Waals surface area contributed by atoms with Crippen molar-refractivity contribution < 1.29 is 28.8 Å². The summed E-state index contributed by atoms with van der Waals surface area (Å²) in [4.78, 5) is 80.5. The summed E-state index contributed by atoms with van der Waals surface area (Å²) < 4.78 is 0. The number of aldehydes is 4. The fourth-order valence-electron chi connectivity index (χ4n) is 5.14. The van der Waals surface area contributed by atoms with Crippen LogP contribution in [-0.2, 0) is 20.4 Å². The van der Waals surface area contributed by atoms with Crippen molar-refractivity contribution in [3.8, 4) is 0 Å². The Bertz CT molecular complexity index is 1630. The van der Waals surface area contributed by atoms with Crippen molar-refractivity contribution in [2.75, 3.05) is 28.2 Å². The molecule has 250 valence electrons. The van der Waals surface area contributed by atoms with E-state index in [2.05, 4.69) is 26.0 Å². The zero-order valence-electron chi connectivity index (χ0n) is 27.7. The lowest BCUT2D eigenvalue weighted by Crippen LogP contribution is -2.30. The summed E-state index contributed by atoms with van der Waals surface area (Å²) in [7, 11) is 6.75. The first-order valence-electron chi connectivity index (χ1n) is 14.8. The van der Waals surface area contributed by atoms with Crippen LogP contribution in [0.1, 0.15) is 89.7 Å². The van der Waals surface area contributed by atoms with E-state index in [1.807, 2.05) is 56.3 Å². The molecule has 0 bridgehead atoms. The molecule has 12 nitrogen and oxygen atoms in total. The van der Waals surface area contributed by atoms with Gasteiger partial charge in [-0.1, -0.05) is 24.3 Å². The molecule has 5 aromatic rings. The predicted octanol–water partition coefficient (Wildman–Crippen LogP) is 4.37. The Balaban J connectivity index is 0.000000548. The Hall–Kier alpha value is -6.04. The molecule has 0 unspecified atom stereocenters. The average molecular weight is 653 g/mol. The molecule has 4 N–H and O–H groups in total. The number of aromatic nitrogens is 4. The molecular formula is C36H40N6O6. The molecule has 0 spiro atoms. The number of nitrogens with zero attached hydrogens (tertiary/aromatic N) is 2. The zero-order valence-corrected chi connectivity index (χ0v) is 27.7. The third-order valence-electron chi connectivity index (χ3n) is 7.94. The van der Waals surface area contributed by atoms with Crippen molar-refractivity contribution in [3.05, 3.63) is 129 Å². The van der Waals surface area contributed by atoms with E-state index in [0.717, 1.165) is 71.9 Å². The minimum absolute atomic E-state index is 0.440. The highest BCUT2D eigenvalue weighted by atomic mass is 16.1. The molecule has 2 amide bonds. The summed E-state index contributed by atoms with van der Waals surface area (Å²) in [6, 6.07) is 22.3. The first-order valence-corrected chi connectivity index (χ1v) is 14.8. The van der Waals surface area contributed by atoms with Crippen LogP contribution in [0.5, 0.6) is 0 Å². The van der Waals surface area contributed by atoms with E-state index in [4.69, 9.17) is 0 Å². The topological polar surface area (TPSA) is 172 Å². The Kier molecular flexibility index (Phi) is 12.1. The Morgan fingerprint density at radius 2 is 0.708 bits per heavy atom. The van der Waals surface area contributed by atoms with Crippen molar-refractivity contribution in [1.29, 1.82) is 0 Å². The van der Waals surface area contributed by atoms with Gasteiger partial charge in [0.1, 0.15) is 0 Å². The smallest absolute Gasteiger partial charge is 0.209 e. The van der Waals surface area contributed by atoms with E-state index < -0.39 is 10.8 Å². The summed E-state index contributed by atoms with van der Waals surface area (Å²) in [5, 5.41) is 0. The first-order chi connectivity index (χ1) is 22.9. The summed E-state index contributed by atoms with van der Waals surface area (Å²) in [5.74, 6) is 0. The maximum Gasteiger partial charge on any atom is 0.209 e. The molecule has 0 atom stereocenters. The molecule has 0 saturated heterocycles. The van der Waals surface area contributed by atoms with Crippen LogP contribution in [0.2, 0.25) is 0 Å². The minimum atomic E-state index is -0.785. The fourth-order valence-corrected chi connectivity index (χ4v) is 5.14. The van der Waals surface area contributed by atoms with E-state index in [9.17, 15) is 28.8 Å². The van der Waals surface area contributed by atoms with Crippen LogP contribution >= 0.6 is 0 Å². The van der Waals surface area contributed by atoms with Gasteiger partial charge in [0, 0.05) is 51.0 Å². The number of rotatable bonds is 12. The molecular weight excluding hydrogens is 612 g/mol. The number of aromatic amines is 4. The predicted molar refractivity (Wildman–Crippen MR) is 182 cm³/mol. The van der Waals surface area contributed by atoms with Crippen LogP contribution in [0.3, 0.4) is 0 Å². The number of benzene rings is 1. The summed E-state index contributed by atoms with van der Waals surface area (Å²) in [6.45, 7) is 4.03. The second-order valence-corrected chi connectivity index (χ2v) is 11.7. The quantitative estimate of drug-likeness (QED) is 0.146. The molecule has 5 rings (SSSR count). The van der Waals surface area contributed by atoms with Gasteiger partial charge in [-0.2, -0.15) is 0 Å². The number of amides is 2. The molecule has 4 heterocycles. The van der Waals surface area contributed by atoms with Crippen molar-refractivity contribution in [2.45, 2.75) is 24.7 Å². The van der Waals surface area contributed by atoms with E-state index >= 15 is 0 Å². The molecule has 48 heavy (non-hydrogen) atoms. The van der Waals surface area contributed by atoms with Crippen molar-refractivity contribution in [1.82, 2.24) is 29.7 Å². The second-order valence-electron chi connectivity index (χ2n) is 11.7. The number of hydrogen-bond donors (Lipinski definition) is 4. The van der Waals surface area contributed by atoms with E-state index in [0.29, 0.717) is 22.8 Å². The summed E-state index contributed by atoms with van der Waals surface area (Å²) in [6.07, 6.45) is 4.53.